The lowest BCUT2D eigenvalue weighted by atomic mass is 10.1. The van der Waals surface area contributed by atoms with Crippen LogP contribution in [0.3, 0.4) is 0 Å². The second-order valence-corrected chi connectivity index (χ2v) is 4.92. The topological polar surface area (TPSA) is 44.5 Å². The number of ether oxygens (including phenoxy) is 2. The molecular formula is C17H20FNO2. The molecule has 2 aromatic rings. The fourth-order valence-electron chi connectivity index (χ4n) is 2.02. The lowest BCUT2D eigenvalue weighted by Gasteiger charge is -2.13. The van der Waals surface area contributed by atoms with Crippen LogP contribution in [0, 0.1) is 5.82 Å². The first-order valence-corrected chi connectivity index (χ1v) is 6.95. The normalized spacial score (nSPS) is 12.0. The second-order valence-electron chi connectivity index (χ2n) is 4.92. The first-order valence-electron chi connectivity index (χ1n) is 6.95. The third-order valence-corrected chi connectivity index (χ3v) is 3.34. The van der Waals surface area contributed by atoms with Crippen molar-refractivity contribution in [3.05, 3.63) is 53.3 Å². The quantitative estimate of drug-likeness (QED) is 0.896. The number of aryl methyl sites for hydroxylation is 1. The zero-order valence-electron chi connectivity index (χ0n) is 12.5. The van der Waals surface area contributed by atoms with Crippen LogP contribution in [0.15, 0.2) is 36.4 Å². The molecule has 0 aliphatic heterocycles. The minimum absolute atomic E-state index is 0.155. The van der Waals surface area contributed by atoms with Crippen LogP contribution in [-0.4, -0.2) is 7.11 Å². The van der Waals surface area contributed by atoms with E-state index in [1.807, 2.05) is 19.1 Å². The predicted molar refractivity (Wildman–Crippen MR) is 81.4 cm³/mol. The Morgan fingerprint density at radius 2 is 1.81 bits per heavy atom. The minimum Gasteiger partial charge on any atom is -0.493 e. The molecule has 0 radical (unpaired) electrons. The maximum absolute atomic E-state index is 14.1. The molecule has 0 unspecified atom stereocenters. The van der Waals surface area contributed by atoms with Crippen molar-refractivity contribution in [3.8, 4) is 17.2 Å². The van der Waals surface area contributed by atoms with E-state index in [4.69, 9.17) is 15.2 Å². The summed E-state index contributed by atoms with van der Waals surface area (Å²) in [7, 11) is 1.57. The molecular weight excluding hydrogens is 269 g/mol. The molecule has 0 saturated heterocycles. The molecule has 2 N–H and O–H groups in total. The van der Waals surface area contributed by atoms with Crippen molar-refractivity contribution in [2.45, 2.75) is 26.3 Å². The largest absolute Gasteiger partial charge is 0.493 e. The Balaban J connectivity index is 2.29. The molecule has 0 aromatic heterocycles. The van der Waals surface area contributed by atoms with Crippen molar-refractivity contribution in [2.75, 3.05) is 7.11 Å². The molecule has 1 atom stereocenters. The van der Waals surface area contributed by atoms with Crippen LogP contribution in [0.4, 0.5) is 4.39 Å². The number of benzene rings is 2. The van der Waals surface area contributed by atoms with Gasteiger partial charge in [0.1, 0.15) is 0 Å². The van der Waals surface area contributed by atoms with E-state index in [0.29, 0.717) is 11.5 Å². The van der Waals surface area contributed by atoms with Gasteiger partial charge in [-0.2, -0.15) is 0 Å². The van der Waals surface area contributed by atoms with Crippen LogP contribution >= 0.6 is 0 Å². The van der Waals surface area contributed by atoms with Crippen molar-refractivity contribution in [1.82, 2.24) is 0 Å². The molecule has 0 amide bonds. The zero-order chi connectivity index (χ0) is 15.4. The standard InChI is InChI=1S/C17H20FNO2/c1-4-12-5-7-16(17(9-12)20-3)21-15-8-6-13(11(2)19)10-14(15)18/h5-11H,4,19H2,1-3H3/t11-/m1/s1. The SMILES string of the molecule is CCc1ccc(Oc2ccc([C@@H](C)N)cc2F)c(OC)c1. The van der Waals surface area contributed by atoms with E-state index in [1.54, 1.807) is 25.3 Å². The smallest absolute Gasteiger partial charge is 0.169 e. The van der Waals surface area contributed by atoms with E-state index >= 15 is 0 Å². The summed E-state index contributed by atoms with van der Waals surface area (Å²) in [5.74, 6) is 0.792. The van der Waals surface area contributed by atoms with E-state index in [9.17, 15) is 4.39 Å². The highest BCUT2D eigenvalue weighted by Gasteiger charge is 2.11. The average Bonchev–Trinajstić information content (AvgIpc) is 2.49. The lowest BCUT2D eigenvalue weighted by Crippen LogP contribution is -2.05. The summed E-state index contributed by atoms with van der Waals surface area (Å²) in [4.78, 5) is 0. The van der Waals surface area contributed by atoms with Crippen molar-refractivity contribution in [2.24, 2.45) is 5.73 Å². The van der Waals surface area contributed by atoms with Crippen LogP contribution < -0.4 is 15.2 Å². The average molecular weight is 289 g/mol. The van der Waals surface area contributed by atoms with Gasteiger partial charge in [0.25, 0.3) is 0 Å². The molecule has 3 nitrogen and oxygen atoms in total. The monoisotopic (exact) mass is 289 g/mol. The van der Waals surface area contributed by atoms with Crippen LogP contribution in [0.2, 0.25) is 0 Å². The molecule has 0 bridgehead atoms. The highest BCUT2D eigenvalue weighted by atomic mass is 19.1. The molecule has 0 heterocycles. The van der Waals surface area contributed by atoms with Crippen LogP contribution in [0.25, 0.3) is 0 Å². The molecule has 0 spiro atoms. The fraction of sp³-hybridized carbons (Fsp3) is 0.294. The molecule has 21 heavy (non-hydrogen) atoms. The summed E-state index contributed by atoms with van der Waals surface area (Å²) < 4.78 is 25.0. The van der Waals surface area contributed by atoms with Gasteiger partial charge in [0.15, 0.2) is 23.1 Å². The number of rotatable bonds is 5. The Labute approximate surface area is 124 Å². The first-order chi connectivity index (χ1) is 10.0. The Bertz CT molecular complexity index is 626. The van der Waals surface area contributed by atoms with E-state index in [-0.39, 0.29) is 11.8 Å². The summed E-state index contributed by atoms with van der Waals surface area (Å²) in [5, 5.41) is 0. The molecule has 2 aromatic carbocycles. The predicted octanol–water partition coefficient (Wildman–Crippen LogP) is 4.21. The van der Waals surface area contributed by atoms with Gasteiger partial charge in [0.2, 0.25) is 0 Å². The van der Waals surface area contributed by atoms with Gasteiger partial charge in [-0.3, -0.25) is 0 Å². The maximum Gasteiger partial charge on any atom is 0.169 e. The molecule has 4 heteroatoms. The summed E-state index contributed by atoms with van der Waals surface area (Å²) in [6, 6.07) is 10.1. The number of halogens is 1. The molecule has 0 saturated carbocycles. The molecule has 2 rings (SSSR count). The van der Waals surface area contributed by atoms with Crippen molar-refractivity contribution in [1.29, 1.82) is 0 Å². The summed E-state index contributed by atoms with van der Waals surface area (Å²) in [5.41, 5.74) is 7.60. The second kappa shape index (κ2) is 6.59. The van der Waals surface area contributed by atoms with Crippen LogP contribution in [0.1, 0.15) is 31.0 Å². The van der Waals surface area contributed by atoms with Gasteiger partial charge in [0.05, 0.1) is 7.11 Å². The molecule has 0 aliphatic carbocycles. The number of methoxy groups -OCH3 is 1. The maximum atomic E-state index is 14.1. The highest BCUT2D eigenvalue weighted by molar-refractivity contribution is 5.46. The van der Waals surface area contributed by atoms with Crippen molar-refractivity contribution < 1.29 is 13.9 Å². The van der Waals surface area contributed by atoms with Gasteiger partial charge in [-0.25, -0.2) is 4.39 Å². The molecule has 112 valence electrons. The van der Waals surface area contributed by atoms with Crippen LogP contribution in [-0.2, 0) is 6.42 Å². The minimum atomic E-state index is -0.438. The van der Waals surface area contributed by atoms with Gasteiger partial charge in [-0.05, 0) is 48.7 Å². The van der Waals surface area contributed by atoms with Crippen molar-refractivity contribution >= 4 is 0 Å². The van der Waals surface area contributed by atoms with Crippen LogP contribution in [0.5, 0.6) is 17.2 Å². The number of hydrogen-bond acceptors (Lipinski definition) is 3. The van der Waals surface area contributed by atoms with Gasteiger partial charge in [0, 0.05) is 6.04 Å². The van der Waals surface area contributed by atoms with Crippen molar-refractivity contribution in [3.63, 3.8) is 0 Å². The van der Waals surface area contributed by atoms with E-state index < -0.39 is 5.82 Å². The Morgan fingerprint density at radius 1 is 1.10 bits per heavy atom. The zero-order valence-corrected chi connectivity index (χ0v) is 12.5. The highest BCUT2D eigenvalue weighted by Crippen LogP contribution is 2.34. The Hall–Kier alpha value is -2.07. The summed E-state index contributed by atoms with van der Waals surface area (Å²) in [6.07, 6.45) is 0.897. The summed E-state index contributed by atoms with van der Waals surface area (Å²) >= 11 is 0. The van der Waals surface area contributed by atoms with E-state index in [2.05, 4.69) is 6.92 Å². The Kier molecular flexibility index (Phi) is 4.81. The number of nitrogens with two attached hydrogens (primary N) is 1. The van der Waals surface area contributed by atoms with E-state index in [0.717, 1.165) is 17.5 Å². The third-order valence-electron chi connectivity index (χ3n) is 3.34. The van der Waals surface area contributed by atoms with Gasteiger partial charge in [-0.1, -0.05) is 19.1 Å². The van der Waals surface area contributed by atoms with Gasteiger partial charge < -0.3 is 15.2 Å². The first kappa shape index (κ1) is 15.3. The van der Waals surface area contributed by atoms with Gasteiger partial charge in [-0.15, -0.1) is 0 Å². The molecule has 0 aliphatic rings. The van der Waals surface area contributed by atoms with E-state index in [1.165, 1.54) is 6.07 Å². The molecule has 0 fully saturated rings. The fourth-order valence-corrected chi connectivity index (χ4v) is 2.02. The third kappa shape index (κ3) is 3.52. The lowest BCUT2D eigenvalue weighted by molar-refractivity contribution is 0.370. The number of hydrogen-bond donors (Lipinski definition) is 1. The Morgan fingerprint density at radius 3 is 2.38 bits per heavy atom. The van der Waals surface area contributed by atoms with Gasteiger partial charge >= 0.3 is 0 Å². The summed E-state index contributed by atoms with van der Waals surface area (Å²) in [6.45, 7) is 3.86.